The van der Waals surface area contributed by atoms with Gasteiger partial charge in [0.2, 0.25) is 0 Å². The standard InChI is InChI=1S/C11H13BrO/c1-9(2)7-8-13-11-6-4-3-5-10(11)12/h3-7H,8H2,1-2H3. The minimum atomic E-state index is 0.630. The van der Waals surface area contributed by atoms with Crippen LogP contribution in [0.3, 0.4) is 0 Å². The maximum absolute atomic E-state index is 5.52. The number of halogens is 1. The molecule has 0 heterocycles. The van der Waals surface area contributed by atoms with Gasteiger partial charge < -0.3 is 4.74 Å². The predicted octanol–water partition coefficient (Wildman–Crippen LogP) is 3.79. The maximum atomic E-state index is 5.52. The molecule has 0 saturated carbocycles. The molecule has 0 aliphatic carbocycles. The summed E-state index contributed by atoms with van der Waals surface area (Å²) in [6, 6.07) is 7.85. The minimum absolute atomic E-state index is 0.630. The average molecular weight is 241 g/mol. The van der Waals surface area contributed by atoms with Crippen LogP contribution in [0.25, 0.3) is 0 Å². The fourth-order valence-electron chi connectivity index (χ4n) is 0.860. The molecule has 0 spiro atoms. The van der Waals surface area contributed by atoms with Gasteiger partial charge in [0, 0.05) is 0 Å². The molecule has 13 heavy (non-hydrogen) atoms. The highest BCUT2D eigenvalue weighted by atomic mass is 79.9. The summed E-state index contributed by atoms with van der Waals surface area (Å²) in [5, 5.41) is 0. The lowest BCUT2D eigenvalue weighted by atomic mass is 10.3. The van der Waals surface area contributed by atoms with E-state index in [0.717, 1.165) is 10.2 Å². The van der Waals surface area contributed by atoms with Crippen LogP contribution in [-0.2, 0) is 0 Å². The van der Waals surface area contributed by atoms with Crippen molar-refractivity contribution in [3.8, 4) is 5.75 Å². The molecule has 0 bridgehead atoms. The third-order valence-corrected chi connectivity index (χ3v) is 2.22. The second-order valence-corrected chi connectivity index (χ2v) is 3.88. The van der Waals surface area contributed by atoms with Gasteiger partial charge in [-0.15, -0.1) is 0 Å². The lowest BCUT2D eigenvalue weighted by Crippen LogP contribution is -1.94. The molecule has 1 rings (SSSR count). The van der Waals surface area contributed by atoms with Crippen LogP contribution in [0.15, 0.2) is 40.4 Å². The summed E-state index contributed by atoms with van der Waals surface area (Å²) in [5.41, 5.74) is 1.27. The summed E-state index contributed by atoms with van der Waals surface area (Å²) in [4.78, 5) is 0. The number of para-hydroxylation sites is 1. The van der Waals surface area contributed by atoms with Gasteiger partial charge in [-0.25, -0.2) is 0 Å². The van der Waals surface area contributed by atoms with E-state index < -0.39 is 0 Å². The molecule has 0 fully saturated rings. The minimum Gasteiger partial charge on any atom is -0.488 e. The van der Waals surface area contributed by atoms with E-state index in [9.17, 15) is 0 Å². The predicted molar refractivity (Wildman–Crippen MR) is 59.1 cm³/mol. The third kappa shape index (κ3) is 3.64. The van der Waals surface area contributed by atoms with Gasteiger partial charge in [0.25, 0.3) is 0 Å². The molecule has 0 radical (unpaired) electrons. The van der Waals surface area contributed by atoms with Crippen LogP contribution in [0.1, 0.15) is 13.8 Å². The average Bonchev–Trinajstić information content (AvgIpc) is 2.08. The van der Waals surface area contributed by atoms with Gasteiger partial charge in [-0.2, -0.15) is 0 Å². The van der Waals surface area contributed by atoms with E-state index >= 15 is 0 Å². The number of ether oxygens (including phenoxy) is 1. The Morgan fingerprint density at radius 3 is 2.69 bits per heavy atom. The van der Waals surface area contributed by atoms with Crippen LogP contribution in [0.4, 0.5) is 0 Å². The van der Waals surface area contributed by atoms with Gasteiger partial charge in [0.1, 0.15) is 12.4 Å². The fourth-order valence-corrected chi connectivity index (χ4v) is 1.26. The molecule has 1 aromatic carbocycles. The van der Waals surface area contributed by atoms with Crippen molar-refractivity contribution in [2.75, 3.05) is 6.61 Å². The molecule has 1 nitrogen and oxygen atoms in total. The molecule has 0 N–H and O–H groups in total. The normalized spacial score (nSPS) is 9.46. The number of hydrogen-bond acceptors (Lipinski definition) is 1. The maximum Gasteiger partial charge on any atom is 0.133 e. The second kappa shape index (κ2) is 5.07. The monoisotopic (exact) mass is 240 g/mol. The molecule has 0 amide bonds. The van der Waals surface area contributed by atoms with E-state index in [4.69, 9.17) is 4.74 Å². The Balaban J connectivity index is 2.55. The summed E-state index contributed by atoms with van der Waals surface area (Å²) in [7, 11) is 0. The van der Waals surface area contributed by atoms with Crippen molar-refractivity contribution in [2.24, 2.45) is 0 Å². The molecule has 0 saturated heterocycles. The Labute approximate surface area is 87.5 Å². The summed E-state index contributed by atoms with van der Waals surface area (Å²) in [6.45, 7) is 4.75. The Bertz CT molecular complexity index is 301. The van der Waals surface area contributed by atoms with Crippen LogP contribution in [-0.4, -0.2) is 6.61 Å². The highest BCUT2D eigenvalue weighted by Crippen LogP contribution is 2.23. The first-order chi connectivity index (χ1) is 6.20. The van der Waals surface area contributed by atoms with E-state index in [1.165, 1.54) is 5.57 Å². The van der Waals surface area contributed by atoms with Gasteiger partial charge in [0.15, 0.2) is 0 Å². The molecular formula is C11H13BrO. The largest absolute Gasteiger partial charge is 0.488 e. The van der Waals surface area contributed by atoms with Crippen molar-refractivity contribution in [1.82, 2.24) is 0 Å². The molecule has 2 heteroatoms. The molecule has 0 aliphatic heterocycles. The van der Waals surface area contributed by atoms with Gasteiger partial charge >= 0.3 is 0 Å². The van der Waals surface area contributed by atoms with Crippen molar-refractivity contribution >= 4 is 15.9 Å². The van der Waals surface area contributed by atoms with Crippen molar-refractivity contribution in [1.29, 1.82) is 0 Å². The first-order valence-electron chi connectivity index (χ1n) is 4.21. The number of rotatable bonds is 3. The molecule has 1 aromatic rings. The Kier molecular flexibility index (Phi) is 4.03. The van der Waals surface area contributed by atoms with Crippen molar-refractivity contribution in [3.05, 3.63) is 40.4 Å². The van der Waals surface area contributed by atoms with E-state index in [1.54, 1.807) is 0 Å². The quantitative estimate of drug-likeness (QED) is 0.731. The first-order valence-corrected chi connectivity index (χ1v) is 5.00. The molecule has 0 unspecified atom stereocenters. The first kappa shape index (κ1) is 10.3. The van der Waals surface area contributed by atoms with Gasteiger partial charge in [0.05, 0.1) is 4.47 Å². The lowest BCUT2D eigenvalue weighted by molar-refractivity contribution is 0.359. The fraction of sp³-hybridized carbons (Fsp3) is 0.273. The molecule has 0 aliphatic rings. The molecule has 0 aromatic heterocycles. The van der Waals surface area contributed by atoms with Crippen LogP contribution in [0, 0.1) is 0 Å². The van der Waals surface area contributed by atoms with Crippen molar-refractivity contribution in [3.63, 3.8) is 0 Å². The second-order valence-electron chi connectivity index (χ2n) is 3.02. The Hall–Kier alpha value is -0.760. The zero-order valence-electron chi connectivity index (χ0n) is 7.88. The van der Waals surface area contributed by atoms with Crippen molar-refractivity contribution < 1.29 is 4.74 Å². The topological polar surface area (TPSA) is 9.23 Å². The summed E-state index contributed by atoms with van der Waals surface area (Å²) >= 11 is 3.42. The number of benzene rings is 1. The zero-order chi connectivity index (χ0) is 9.68. The highest BCUT2D eigenvalue weighted by Gasteiger charge is 1.96. The van der Waals surface area contributed by atoms with Gasteiger partial charge in [-0.1, -0.05) is 17.7 Å². The highest BCUT2D eigenvalue weighted by molar-refractivity contribution is 9.10. The summed E-state index contributed by atoms with van der Waals surface area (Å²) in [6.07, 6.45) is 2.06. The SMILES string of the molecule is CC(C)=CCOc1ccccc1Br. The van der Waals surface area contributed by atoms with E-state index in [2.05, 4.69) is 35.9 Å². The van der Waals surface area contributed by atoms with E-state index in [1.807, 2.05) is 24.3 Å². The lowest BCUT2D eigenvalue weighted by Gasteiger charge is -2.04. The van der Waals surface area contributed by atoms with Crippen LogP contribution in [0.2, 0.25) is 0 Å². The van der Waals surface area contributed by atoms with Gasteiger partial charge in [-0.05, 0) is 48.0 Å². The summed E-state index contributed by atoms with van der Waals surface area (Å²) < 4.78 is 6.52. The Morgan fingerprint density at radius 2 is 2.08 bits per heavy atom. The van der Waals surface area contributed by atoms with Crippen LogP contribution >= 0.6 is 15.9 Å². The smallest absolute Gasteiger partial charge is 0.133 e. The van der Waals surface area contributed by atoms with Crippen LogP contribution < -0.4 is 4.74 Å². The van der Waals surface area contributed by atoms with Gasteiger partial charge in [-0.3, -0.25) is 0 Å². The number of hydrogen-bond donors (Lipinski definition) is 0. The van der Waals surface area contributed by atoms with E-state index in [0.29, 0.717) is 6.61 Å². The number of allylic oxidation sites excluding steroid dienone is 1. The Morgan fingerprint density at radius 1 is 1.38 bits per heavy atom. The van der Waals surface area contributed by atoms with Crippen LogP contribution in [0.5, 0.6) is 5.75 Å². The summed E-state index contributed by atoms with van der Waals surface area (Å²) in [5.74, 6) is 0.889. The zero-order valence-corrected chi connectivity index (χ0v) is 9.47. The van der Waals surface area contributed by atoms with E-state index in [-0.39, 0.29) is 0 Å². The third-order valence-electron chi connectivity index (χ3n) is 1.57. The molecular weight excluding hydrogens is 228 g/mol. The molecule has 0 atom stereocenters. The van der Waals surface area contributed by atoms with Crippen molar-refractivity contribution in [2.45, 2.75) is 13.8 Å². The molecule has 70 valence electrons.